The van der Waals surface area contributed by atoms with Gasteiger partial charge in [0, 0.05) is 20.0 Å². The van der Waals surface area contributed by atoms with Crippen LogP contribution in [0.25, 0.3) is 0 Å². The Bertz CT molecular complexity index is 722. The number of nitrogens with one attached hydrogen (secondary N) is 1. The topological polar surface area (TPSA) is 58.6 Å². The van der Waals surface area contributed by atoms with E-state index in [-0.39, 0.29) is 37.1 Å². The lowest BCUT2D eigenvalue weighted by molar-refractivity contribution is -0.130. The molecule has 0 bridgehead atoms. The molecular weight excluding hydrogens is 335 g/mol. The van der Waals surface area contributed by atoms with Crippen molar-refractivity contribution in [3.05, 3.63) is 66.0 Å². The van der Waals surface area contributed by atoms with E-state index in [0.717, 1.165) is 5.56 Å². The zero-order chi connectivity index (χ0) is 18.8. The van der Waals surface area contributed by atoms with Crippen LogP contribution < -0.4 is 10.1 Å². The molecule has 0 fully saturated rings. The van der Waals surface area contributed by atoms with E-state index >= 15 is 0 Å². The minimum absolute atomic E-state index is 0.109. The molecule has 138 valence electrons. The van der Waals surface area contributed by atoms with Crippen molar-refractivity contribution >= 4 is 11.8 Å². The number of halogens is 1. The largest absolute Gasteiger partial charge is 0.489 e. The van der Waals surface area contributed by atoms with Gasteiger partial charge in [-0.3, -0.25) is 9.59 Å². The fourth-order valence-electron chi connectivity index (χ4n) is 2.32. The second kappa shape index (κ2) is 10.2. The van der Waals surface area contributed by atoms with Crippen LogP contribution in [-0.2, 0) is 16.0 Å². The van der Waals surface area contributed by atoms with E-state index in [0.29, 0.717) is 13.0 Å². The van der Waals surface area contributed by atoms with E-state index in [9.17, 15) is 14.0 Å². The molecule has 0 saturated carbocycles. The number of benzene rings is 2. The maximum Gasteiger partial charge on any atom is 0.224 e. The van der Waals surface area contributed by atoms with Crippen molar-refractivity contribution in [2.24, 2.45) is 0 Å². The highest BCUT2D eigenvalue weighted by Crippen LogP contribution is 2.15. The number of hydrogen-bond acceptors (Lipinski definition) is 3. The molecule has 1 N–H and O–H groups in total. The van der Waals surface area contributed by atoms with E-state index in [1.807, 2.05) is 30.3 Å². The average molecular weight is 358 g/mol. The van der Waals surface area contributed by atoms with Crippen LogP contribution >= 0.6 is 0 Å². The zero-order valence-electron chi connectivity index (χ0n) is 14.8. The number of carbonyl (C=O) groups is 2. The van der Waals surface area contributed by atoms with Gasteiger partial charge in [-0.1, -0.05) is 42.5 Å². The van der Waals surface area contributed by atoms with Gasteiger partial charge < -0.3 is 15.0 Å². The van der Waals surface area contributed by atoms with Gasteiger partial charge in [0.25, 0.3) is 0 Å². The molecule has 6 heteroatoms. The van der Waals surface area contributed by atoms with Gasteiger partial charge in [0.05, 0.1) is 13.0 Å². The number of amides is 2. The molecule has 5 nitrogen and oxygen atoms in total. The van der Waals surface area contributed by atoms with Gasteiger partial charge in [-0.15, -0.1) is 0 Å². The van der Waals surface area contributed by atoms with E-state index < -0.39 is 5.82 Å². The molecule has 2 aromatic rings. The van der Waals surface area contributed by atoms with Crippen molar-refractivity contribution in [1.82, 2.24) is 10.2 Å². The van der Waals surface area contributed by atoms with Crippen LogP contribution in [0.4, 0.5) is 4.39 Å². The van der Waals surface area contributed by atoms with Gasteiger partial charge in [0.2, 0.25) is 11.8 Å². The fourth-order valence-corrected chi connectivity index (χ4v) is 2.32. The monoisotopic (exact) mass is 358 g/mol. The number of likely N-dealkylation sites (N-methyl/N-ethyl adjacent to an activating group) is 1. The van der Waals surface area contributed by atoms with Gasteiger partial charge in [0.1, 0.15) is 6.61 Å². The molecule has 2 rings (SSSR count). The molecule has 0 aliphatic heterocycles. The summed E-state index contributed by atoms with van der Waals surface area (Å²) in [6.07, 6.45) is 0.498. The Morgan fingerprint density at radius 2 is 1.77 bits per heavy atom. The van der Waals surface area contributed by atoms with Crippen molar-refractivity contribution in [1.29, 1.82) is 0 Å². The summed E-state index contributed by atoms with van der Waals surface area (Å²) >= 11 is 0. The maximum absolute atomic E-state index is 13.4. The number of ether oxygens (including phenoxy) is 1. The predicted octanol–water partition coefficient (Wildman–Crippen LogP) is 2.41. The molecule has 2 amide bonds. The molecule has 0 radical (unpaired) electrons. The molecule has 26 heavy (non-hydrogen) atoms. The van der Waals surface area contributed by atoms with Crippen LogP contribution in [-0.4, -0.2) is 43.5 Å². The standard InChI is InChI=1S/C20H23FN2O3/c1-23(13-14-26-18-10-6-5-9-17(18)21)20(25)11-12-22-19(24)15-16-7-3-2-4-8-16/h2-10H,11-15H2,1H3,(H,22,24). The van der Waals surface area contributed by atoms with Crippen LogP contribution in [0.1, 0.15) is 12.0 Å². The second-order valence-electron chi connectivity index (χ2n) is 5.86. The Morgan fingerprint density at radius 3 is 2.50 bits per heavy atom. The fraction of sp³-hybridized carbons (Fsp3) is 0.300. The highest BCUT2D eigenvalue weighted by molar-refractivity contribution is 5.80. The Labute approximate surface area is 152 Å². The van der Waals surface area contributed by atoms with Crippen LogP contribution in [0.5, 0.6) is 5.75 Å². The number of hydrogen-bond donors (Lipinski definition) is 1. The molecule has 2 aromatic carbocycles. The van der Waals surface area contributed by atoms with Crippen LogP contribution in [0.3, 0.4) is 0 Å². The van der Waals surface area contributed by atoms with Crippen LogP contribution in [0, 0.1) is 5.82 Å². The van der Waals surface area contributed by atoms with Gasteiger partial charge >= 0.3 is 0 Å². The minimum Gasteiger partial charge on any atom is -0.489 e. The molecule has 0 unspecified atom stereocenters. The van der Waals surface area contributed by atoms with Crippen molar-refractivity contribution in [3.63, 3.8) is 0 Å². The summed E-state index contributed by atoms with van der Waals surface area (Å²) in [5.41, 5.74) is 0.929. The van der Waals surface area contributed by atoms with Gasteiger partial charge in [-0.2, -0.15) is 0 Å². The zero-order valence-corrected chi connectivity index (χ0v) is 14.8. The summed E-state index contributed by atoms with van der Waals surface area (Å²) in [7, 11) is 1.65. The Balaban J connectivity index is 1.62. The Kier molecular flexibility index (Phi) is 7.61. The third kappa shape index (κ3) is 6.55. The lowest BCUT2D eigenvalue weighted by Crippen LogP contribution is -2.34. The normalized spacial score (nSPS) is 10.2. The first kappa shape index (κ1) is 19.4. The molecule has 0 aliphatic rings. The summed E-state index contributed by atoms with van der Waals surface area (Å²) in [5.74, 6) is -0.485. The van der Waals surface area contributed by atoms with Crippen molar-refractivity contribution in [2.75, 3.05) is 26.7 Å². The summed E-state index contributed by atoms with van der Waals surface area (Å²) in [6, 6.07) is 15.6. The predicted molar refractivity (Wildman–Crippen MR) is 97.3 cm³/mol. The Hall–Kier alpha value is -2.89. The van der Waals surface area contributed by atoms with Crippen molar-refractivity contribution < 1.29 is 18.7 Å². The first-order chi connectivity index (χ1) is 12.6. The third-order valence-corrected chi connectivity index (χ3v) is 3.82. The van der Waals surface area contributed by atoms with E-state index in [1.165, 1.54) is 11.0 Å². The number of nitrogens with zero attached hydrogens (tertiary/aromatic N) is 1. The van der Waals surface area contributed by atoms with Gasteiger partial charge in [0.15, 0.2) is 11.6 Å². The summed E-state index contributed by atoms with van der Waals surface area (Å²) < 4.78 is 18.8. The maximum atomic E-state index is 13.4. The SMILES string of the molecule is CN(CCOc1ccccc1F)C(=O)CCNC(=O)Cc1ccccc1. The molecule has 0 spiro atoms. The Morgan fingerprint density at radius 1 is 1.08 bits per heavy atom. The molecule has 0 saturated heterocycles. The van der Waals surface area contributed by atoms with E-state index in [2.05, 4.69) is 5.32 Å². The first-order valence-corrected chi connectivity index (χ1v) is 8.48. The number of rotatable bonds is 9. The summed E-state index contributed by atoms with van der Waals surface area (Å²) in [4.78, 5) is 25.4. The highest BCUT2D eigenvalue weighted by atomic mass is 19.1. The average Bonchev–Trinajstić information content (AvgIpc) is 2.64. The van der Waals surface area contributed by atoms with Gasteiger partial charge in [-0.25, -0.2) is 4.39 Å². The molecule has 0 aliphatic carbocycles. The lowest BCUT2D eigenvalue weighted by Gasteiger charge is -2.17. The molecular formula is C20H23FN2O3. The molecule has 0 atom stereocenters. The third-order valence-electron chi connectivity index (χ3n) is 3.82. The lowest BCUT2D eigenvalue weighted by atomic mass is 10.1. The number of carbonyl (C=O) groups excluding carboxylic acids is 2. The quantitative estimate of drug-likeness (QED) is 0.749. The van der Waals surface area contributed by atoms with Crippen molar-refractivity contribution in [3.8, 4) is 5.75 Å². The van der Waals surface area contributed by atoms with Crippen LogP contribution in [0.2, 0.25) is 0 Å². The summed E-state index contributed by atoms with van der Waals surface area (Å²) in [5, 5.41) is 2.74. The minimum atomic E-state index is -0.428. The molecule has 0 heterocycles. The summed E-state index contributed by atoms with van der Waals surface area (Å²) in [6.45, 7) is 0.817. The van der Waals surface area contributed by atoms with Crippen molar-refractivity contribution in [2.45, 2.75) is 12.8 Å². The van der Waals surface area contributed by atoms with E-state index in [4.69, 9.17) is 4.74 Å². The van der Waals surface area contributed by atoms with E-state index in [1.54, 1.807) is 25.2 Å². The second-order valence-corrected chi connectivity index (χ2v) is 5.86. The smallest absolute Gasteiger partial charge is 0.224 e. The highest BCUT2D eigenvalue weighted by Gasteiger charge is 2.10. The number of para-hydroxylation sites is 1. The molecule has 0 aromatic heterocycles. The van der Waals surface area contributed by atoms with Gasteiger partial charge in [-0.05, 0) is 17.7 Å². The first-order valence-electron chi connectivity index (χ1n) is 8.48. The van der Waals surface area contributed by atoms with Crippen LogP contribution in [0.15, 0.2) is 54.6 Å².